The molecular formula is C17H26N4O. The van der Waals surface area contributed by atoms with E-state index in [0.29, 0.717) is 12.5 Å². The number of anilines is 1. The molecule has 2 heterocycles. The fourth-order valence-electron chi connectivity index (χ4n) is 3.77. The number of nitrogens with one attached hydrogen (secondary N) is 1. The molecule has 1 atom stereocenters. The van der Waals surface area contributed by atoms with E-state index in [1.165, 1.54) is 19.3 Å². The molecule has 2 aliphatic rings. The predicted molar refractivity (Wildman–Crippen MR) is 86.7 cm³/mol. The standard InChI is InChI=1S/C17H26N4O/c1-3-13-10-15(19-12-18-13)21-9-6-14(20-16(22)4-2)17(11-21)7-5-8-17/h10,12,14H,3-9,11H2,1-2H3,(H,20,22). The van der Waals surface area contributed by atoms with Gasteiger partial charge in [-0.15, -0.1) is 0 Å². The fourth-order valence-corrected chi connectivity index (χ4v) is 3.77. The number of amides is 1. The molecule has 0 aromatic carbocycles. The predicted octanol–water partition coefficient (Wildman–Crippen LogP) is 2.31. The summed E-state index contributed by atoms with van der Waals surface area (Å²) in [5, 5.41) is 3.26. The first-order valence-corrected chi connectivity index (χ1v) is 8.52. The Labute approximate surface area is 132 Å². The summed E-state index contributed by atoms with van der Waals surface area (Å²) in [6, 6.07) is 2.44. The van der Waals surface area contributed by atoms with Crippen molar-refractivity contribution in [1.29, 1.82) is 0 Å². The third kappa shape index (κ3) is 2.81. The molecule has 1 saturated heterocycles. The number of nitrogens with zero attached hydrogens (tertiary/aromatic N) is 3. The van der Waals surface area contributed by atoms with Crippen LogP contribution < -0.4 is 10.2 Å². The summed E-state index contributed by atoms with van der Waals surface area (Å²) in [4.78, 5) is 22.9. The molecule has 3 rings (SSSR count). The first-order valence-electron chi connectivity index (χ1n) is 8.52. The Morgan fingerprint density at radius 2 is 2.23 bits per heavy atom. The molecule has 1 saturated carbocycles. The number of hydrogen-bond acceptors (Lipinski definition) is 4. The van der Waals surface area contributed by atoms with Gasteiger partial charge in [0.2, 0.25) is 5.91 Å². The summed E-state index contributed by atoms with van der Waals surface area (Å²) < 4.78 is 0. The van der Waals surface area contributed by atoms with Crippen LogP contribution in [0.2, 0.25) is 0 Å². The number of carbonyl (C=O) groups is 1. The van der Waals surface area contributed by atoms with Crippen LogP contribution in [-0.2, 0) is 11.2 Å². The number of carbonyl (C=O) groups excluding carboxylic acids is 1. The average Bonchev–Trinajstić information content (AvgIpc) is 2.53. The van der Waals surface area contributed by atoms with E-state index >= 15 is 0 Å². The summed E-state index contributed by atoms with van der Waals surface area (Å²) in [6.07, 6.45) is 7.89. The molecule has 22 heavy (non-hydrogen) atoms. The first-order chi connectivity index (χ1) is 10.7. The Balaban J connectivity index is 1.74. The number of aromatic nitrogens is 2. The third-order valence-corrected chi connectivity index (χ3v) is 5.33. The Hall–Kier alpha value is -1.65. The van der Waals surface area contributed by atoms with Gasteiger partial charge in [-0.2, -0.15) is 0 Å². The van der Waals surface area contributed by atoms with Gasteiger partial charge in [-0.1, -0.05) is 20.3 Å². The molecule has 1 aliphatic heterocycles. The highest BCUT2D eigenvalue weighted by Crippen LogP contribution is 2.48. The summed E-state index contributed by atoms with van der Waals surface area (Å²) in [5.74, 6) is 1.22. The third-order valence-electron chi connectivity index (χ3n) is 5.33. The van der Waals surface area contributed by atoms with Crippen molar-refractivity contribution in [3.63, 3.8) is 0 Å². The van der Waals surface area contributed by atoms with Crippen LogP contribution in [0.15, 0.2) is 12.4 Å². The van der Waals surface area contributed by atoms with Gasteiger partial charge in [-0.3, -0.25) is 4.79 Å². The van der Waals surface area contributed by atoms with Crippen molar-refractivity contribution < 1.29 is 4.79 Å². The topological polar surface area (TPSA) is 58.1 Å². The maximum atomic E-state index is 11.8. The van der Waals surface area contributed by atoms with Gasteiger partial charge in [0.1, 0.15) is 12.1 Å². The van der Waals surface area contributed by atoms with E-state index in [4.69, 9.17) is 0 Å². The SMILES string of the molecule is CCC(=O)NC1CCN(c2cc(CC)ncn2)CC12CCC2. The number of piperidine rings is 1. The quantitative estimate of drug-likeness (QED) is 0.927. The van der Waals surface area contributed by atoms with Gasteiger partial charge >= 0.3 is 0 Å². The minimum absolute atomic E-state index is 0.181. The molecule has 1 unspecified atom stereocenters. The van der Waals surface area contributed by atoms with Gasteiger partial charge in [0.05, 0.1) is 0 Å². The van der Waals surface area contributed by atoms with Crippen molar-refractivity contribution in [1.82, 2.24) is 15.3 Å². The largest absolute Gasteiger partial charge is 0.356 e. The van der Waals surface area contributed by atoms with Crippen molar-refractivity contribution >= 4 is 11.7 Å². The summed E-state index contributed by atoms with van der Waals surface area (Å²) in [5.41, 5.74) is 1.34. The second kappa shape index (κ2) is 6.23. The van der Waals surface area contributed by atoms with Gasteiger partial charge in [-0.25, -0.2) is 9.97 Å². The lowest BCUT2D eigenvalue weighted by molar-refractivity contribution is -0.123. The number of aryl methyl sites for hydroxylation is 1. The van der Waals surface area contributed by atoms with Crippen molar-refractivity contribution in [2.75, 3.05) is 18.0 Å². The zero-order valence-corrected chi connectivity index (χ0v) is 13.6. The smallest absolute Gasteiger partial charge is 0.219 e. The minimum atomic E-state index is 0.181. The summed E-state index contributed by atoms with van der Waals surface area (Å²) >= 11 is 0. The van der Waals surface area contributed by atoms with Crippen LogP contribution in [0, 0.1) is 5.41 Å². The van der Waals surface area contributed by atoms with E-state index in [1.54, 1.807) is 6.33 Å². The van der Waals surface area contributed by atoms with Crippen LogP contribution in [0.4, 0.5) is 5.82 Å². The normalized spacial score (nSPS) is 23.2. The maximum absolute atomic E-state index is 11.8. The van der Waals surface area contributed by atoms with Crippen molar-refractivity contribution in [2.24, 2.45) is 5.41 Å². The molecule has 1 N–H and O–H groups in total. The Bertz CT molecular complexity index is 541. The van der Waals surface area contributed by atoms with Crippen LogP contribution in [-0.4, -0.2) is 35.0 Å². The van der Waals surface area contributed by atoms with Gasteiger partial charge < -0.3 is 10.2 Å². The molecular weight excluding hydrogens is 276 g/mol. The van der Waals surface area contributed by atoms with Crippen LogP contribution >= 0.6 is 0 Å². The van der Waals surface area contributed by atoms with Crippen molar-refractivity contribution in [3.05, 3.63) is 18.1 Å². The van der Waals surface area contributed by atoms with E-state index in [9.17, 15) is 4.79 Å². The van der Waals surface area contributed by atoms with Crippen molar-refractivity contribution in [3.8, 4) is 0 Å². The highest BCUT2D eigenvalue weighted by Gasteiger charge is 2.48. The summed E-state index contributed by atoms with van der Waals surface area (Å²) in [6.45, 7) is 6.00. The molecule has 1 aromatic rings. The summed E-state index contributed by atoms with van der Waals surface area (Å²) in [7, 11) is 0. The van der Waals surface area contributed by atoms with E-state index in [-0.39, 0.29) is 11.3 Å². The molecule has 2 fully saturated rings. The van der Waals surface area contributed by atoms with Gasteiger partial charge in [0.25, 0.3) is 0 Å². The van der Waals surface area contributed by atoms with E-state index < -0.39 is 0 Å². The second-order valence-electron chi connectivity index (χ2n) is 6.62. The highest BCUT2D eigenvalue weighted by molar-refractivity contribution is 5.76. The molecule has 1 amide bonds. The molecule has 1 aliphatic carbocycles. The molecule has 0 bridgehead atoms. The number of rotatable bonds is 4. The number of hydrogen-bond donors (Lipinski definition) is 1. The molecule has 0 radical (unpaired) electrons. The van der Waals surface area contributed by atoms with Gasteiger partial charge in [0, 0.05) is 42.7 Å². The lowest BCUT2D eigenvalue weighted by Crippen LogP contribution is -2.61. The lowest BCUT2D eigenvalue weighted by Gasteiger charge is -2.54. The monoisotopic (exact) mass is 302 g/mol. The van der Waals surface area contributed by atoms with Gasteiger partial charge in [0.15, 0.2) is 0 Å². The molecule has 5 nitrogen and oxygen atoms in total. The fraction of sp³-hybridized carbons (Fsp3) is 0.706. The lowest BCUT2D eigenvalue weighted by atomic mass is 9.61. The average molecular weight is 302 g/mol. The Morgan fingerprint density at radius 1 is 1.41 bits per heavy atom. The zero-order chi connectivity index (χ0) is 15.6. The molecule has 5 heteroatoms. The van der Waals surface area contributed by atoms with Crippen LogP contribution in [0.5, 0.6) is 0 Å². The van der Waals surface area contributed by atoms with E-state index in [2.05, 4.69) is 33.2 Å². The molecule has 1 spiro atoms. The van der Waals surface area contributed by atoms with E-state index in [0.717, 1.165) is 37.4 Å². The molecule has 120 valence electrons. The molecule has 1 aromatic heterocycles. The maximum Gasteiger partial charge on any atom is 0.219 e. The van der Waals surface area contributed by atoms with E-state index in [1.807, 2.05) is 6.92 Å². The van der Waals surface area contributed by atoms with Crippen LogP contribution in [0.1, 0.15) is 51.6 Å². The highest BCUT2D eigenvalue weighted by atomic mass is 16.1. The Morgan fingerprint density at radius 3 is 2.86 bits per heavy atom. The zero-order valence-electron chi connectivity index (χ0n) is 13.6. The van der Waals surface area contributed by atoms with Gasteiger partial charge in [-0.05, 0) is 25.7 Å². The first kappa shape index (κ1) is 15.3. The minimum Gasteiger partial charge on any atom is -0.356 e. The van der Waals surface area contributed by atoms with Crippen molar-refractivity contribution in [2.45, 2.75) is 58.4 Å². The Kier molecular flexibility index (Phi) is 4.32. The van der Waals surface area contributed by atoms with Crippen LogP contribution in [0.3, 0.4) is 0 Å². The second-order valence-corrected chi connectivity index (χ2v) is 6.62. The van der Waals surface area contributed by atoms with Crippen LogP contribution in [0.25, 0.3) is 0 Å².